The minimum Gasteiger partial charge on any atom is -0.328 e. The van der Waals surface area contributed by atoms with Gasteiger partial charge in [0.1, 0.15) is 11.6 Å². The molecular weight excluding hydrogens is 440 g/mol. The maximum Gasteiger partial charge on any atom is 0.285 e. The van der Waals surface area contributed by atoms with E-state index in [2.05, 4.69) is 21.4 Å². The molecule has 2 atom stereocenters. The molecule has 0 spiro atoms. The number of fused-ring (bicyclic) bond motifs is 1. The largest absolute Gasteiger partial charge is 0.328 e. The average molecular weight is 458 g/mol. The Balaban J connectivity index is 1.47. The number of hydrogen-bond donors (Lipinski definition) is 0. The Labute approximate surface area is 184 Å². The summed E-state index contributed by atoms with van der Waals surface area (Å²) in [5, 5.41) is 14.7. The molecule has 0 radical (unpaired) electrons. The van der Waals surface area contributed by atoms with Gasteiger partial charge in [-0.3, -0.25) is 9.48 Å². The van der Waals surface area contributed by atoms with Crippen LogP contribution in [0.1, 0.15) is 44.7 Å². The molecule has 4 heterocycles. The Hall–Kier alpha value is -2.98. The van der Waals surface area contributed by atoms with E-state index in [1.165, 1.54) is 11.6 Å². The number of carbonyl (C=O) groups is 1. The van der Waals surface area contributed by atoms with Crippen molar-refractivity contribution >= 4 is 28.6 Å². The number of amides is 1. The standard InChI is InChI=1S/C21H17F2N5OS2/c1-11-18-14(5-6-30-18)16(12-8-24-27(2)9-12)10-28(11)21(29)20-26-25-19(31-20)15-4-3-13(22)7-17(15)23/h3-9,11,16H,10H2,1-2H3/t11-,16-/m1/s1. The Kier molecular flexibility index (Phi) is 4.90. The van der Waals surface area contributed by atoms with E-state index in [0.717, 1.165) is 33.9 Å². The van der Waals surface area contributed by atoms with E-state index >= 15 is 0 Å². The van der Waals surface area contributed by atoms with Gasteiger partial charge in [-0.05, 0) is 41.6 Å². The molecule has 6 nitrogen and oxygen atoms in total. The molecule has 158 valence electrons. The average Bonchev–Trinajstić information content (AvgIpc) is 3.48. The highest BCUT2D eigenvalue weighted by atomic mass is 32.1. The van der Waals surface area contributed by atoms with Crippen molar-refractivity contribution in [3.63, 3.8) is 0 Å². The maximum atomic E-state index is 14.1. The van der Waals surface area contributed by atoms with E-state index in [1.807, 2.05) is 31.7 Å². The number of carbonyl (C=O) groups excluding carboxylic acids is 1. The number of rotatable bonds is 3. The normalized spacial score (nSPS) is 18.3. The van der Waals surface area contributed by atoms with Crippen molar-refractivity contribution in [1.29, 1.82) is 0 Å². The number of aromatic nitrogens is 4. The first-order valence-electron chi connectivity index (χ1n) is 9.58. The Bertz CT molecular complexity index is 1280. The fourth-order valence-electron chi connectivity index (χ4n) is 3.92. The number of benzene rings is 1. The van der Waals surface area contributed by atoms with Crippen LogP contribution < -0.4 is 0 Å². The zero-order chi connectivity index (χ0) is 21.7. The van der Waals surface area contributed by atoms with Crippen molar-refractivity contribution < 1.29 is 13.6 Å². The Morgan fingerprint density at radius 2 is 2.06 bits per heavy atom. The molecule has 0 unspecified atom stereocenters. The highest BCUT2D eigenvalue weighted by Crippen LogP contribution is 2.43. The molecule has 4 aromatic rings. The predicted molar refractivity (Wildman–Crippen MR) is 114 cm³/mol. The van der Waals surface area contributed by atoms with Crippen molar-refractivity contribution in [3.05, 3.63) is 74.7 Å². The molecular formula is C21H17F2N5OS2. The highest BCUT2D eigenvalue weighted by Gasteiger charge is 2.37. The first kappa shape index (κ1) is 20.0. The summed E-state index contributed by atoms with van der Waals surface area (Å²) < 4.78 is 29.1. The van der Waals surface area contributed by atoms with Gasteiger partial charge in [-0.15, -0.1) is 21.5 Å². The first-order chi connectivity index (χ1) is 14.9. The summed E-state index contributed by atoms with van der Waals surface area (Å²) in [7, 11) is 1.86. The van der Waals surface area contributed by atoms with Gasteiger partial charge in [0.25, 0.3) is 5.91 Å². The van der Waals surface area contributed by atoms with E-state index in [0.29, 0.717) is 6.54 Å². The zero-order valence-electron chi connectivity index (χ0n) is 16.6. The smallest absolute Gasteiger partial charge is 0.285 e. The van der Waals surface area contributed by atoms with Crippen LogP contribution in [0.15, 0.2) is 42.0 Å². The lowest BCUT2D eigenvalue weighted by atomic mass is 9.88. The highest BCUT2D eigenvalue weighted by molar-refractivity contribution is 7.16. The van der Waals surface area contributed by atoms with E-state index in [1.54, 1.807) is 20.9 Å². The van der Waals surface area contributed by atoms with Crippen LogP contribution in [-0.4, -0.2) is 37.3 Å². The molecule has 0 aliphatic carbocycles. The molecule has 1 aliphatic heterocycles. The van der Waals surface area contributed by atoms with Crippen LogP contribution in [0.4, 0.5) is 8.78 Å². The lowest BCUT2D eigenvalue weighted by Crippen LogP contribution is -2.40. The van der Waals surface area contributed by atoms with E-state index in [4.69, 9.17) is 0 Å². The first-order valence-corrected chi connectivity index (χ1v) is 11.3. The van der Waals surface area contributed by atoms with Crippen molar-refractivity contribution in [1.82, 2.24) is 24.9 Å². The molecule has 31 heavy (non-hydrogen) atoms. The third kappa shape index (κ3) is 3.45. The minimum absolute atomic E-state index is 0.0111. The Morgan fingerprint density at radius 1 is 1.23 bits per heavy atom. The molecule has 0 bridgehead atoms. The molecule has 1 aliphatic rings. The molecule has 0 N–H and O–H groups in total. The van der Waals surface area contributed by atoms with Crippen LogP contribution in [0.25, 0.3) is 10.6 Å². The third-order valence-electron chi connectivity index (χ3n) is 5.49. The second kappa shape index (κ2) is 7.61. The van der Waals surface area contributed by atoms with Gasteiger partial charge in [0, 0.05) is 42.2 Å². The van der Waals surface area contributed by atoms with Gasteiger partial charge in [-0.2, -0.15) is 5.10 Å². The second-order valence-corrected chi connectivity index (χ2v) is 9.34. The molecule has 0 saturated heterocycles. The molecule has 1 amide bonds. The van der Waals surface area contributed by atoms with Crippen molar-refractivity contribution in [3.8, 4) is 10.6 Å². The maximum absolute atomic E-state index is 14.1. The summed E-state index contributed by atoms with van der Waals surface area (Å²) in [6.45, 7) is 2.48. The number of halogens is 2. The Morgan fingerprint density at radius 3 is 2.81 bits per heavy atom. The SMILES string of the molecule is C[C@@H]1c2sccc2[C@@H](c2cnn(C)c2)CN1C(=O)c1nnc(-c2ccc(F)cc2F)s1. The van der Waals surface area contributed by atoms with E-state index in [9.17, 15) is 13.6 Å². The van der Waals surface area contributed by atoms with Gasteiger partial charge in [0.15, 0.2) is 5.01 Å². The number of nitrogens with zero attached hydrogens (tertiary/aromatic N) is 5. The fourth-order valence-corrected chi connectivity index (χ4v) is 5.78. The molecule has 0 fully saturated rings. The van der Waals surface area contributed by atoms with Gasteiger partial charge < -0.3 is 4.90 Å². The van der Waals surface area contributed by atoms with Crippen LogP contribution in [0.5, 0.6) is 0 Å². The van der Waals surface area contributed by atoms with Gasteiger partial charge in [0.05, 0.1) is 12.2 Å². The van der Waals surface area contributed by atoms with Crippen molar-refractivity contribution in [2.45, 2.75) is 18.9 Å². The molecule has 5 rings (SSSR count). The van der Waals surface area contributed by atoms with Gasteiger partial charge in [-0.25, -0.2) is 8.78 Å². The number of thiophene rings is 1. The van der Waals surface area contributed by atoms with Gasteiger partial charge in [0.2, 0.25) is 5.01 Å². The van der Waals surface area contributed by atoms with Crippen LogP contribution in [0, 0.1) is 11.6 Å². The van der Waals surface area contributed by atoms with E-state index in [-0.39, 0.29) is 33.4 Å². The summed E-state index contributed by atoms with van der Waals surface area (Å²) in [4.78, 5) is 16.3. The summed E-state index contributed by atoms with van der Waals surface area (Å²) in [6, 6.07) is 5.24. The summed E-state index contributed by atoms with van der Waals surface area (Å²) >= 11 is 2.63. The number of hydrogen-bond acceptors (Lipinski definition) is 6. The van der Waals surface area contributed by atoms with Crippen LogP contribution >= 0.6 is 22.7 Å². The van der Waals surface area contributed by atoms with Gasteiger partial charge >= 0.3 is 0 Å². The summed E-state index contributed by atoms with van der Waals surface area (Å²) in [5.41, 5.74) is 2.37. The predicted octanol–water partition coefficient (Wildman–Crippen LogP) is 4.63. The van der Waals surface area contributed by atoms with E-state index < -0.39 is 11.6 Å². The molecule has 1 aromatic carbocycles. The topological polar surface area (TPSA) is 63.9 Å². The lowest BCUT2D eigenvalue weighted by Gasteiger charge is -2.37. The zero-order valence-corrected chi connectivity index (χ0v) is 18.3. The summed E-state index contributed by atoms with van der Waals surface area (Å²) in [5.74, 6) is -1.65. The van der Waals surface area contributed by atoms with Crippen LogP contribution in [0.3, 0.4) is 0 Å². The third-order valence-corrected chi connectivity index (χ3v) is 7.53. The lowest BCUT2D eigenvalue weighted by molar-refractivity contribution is 0.0668. The van der Waals surface area contributed by atoms with Crippen molar-refractivity contribution in [2.75, 3.05) is 6.54 Å². The minimum atomic E-state index is -0.735. The fraction of sp³-hybridized carbons (Fsp3) is 0.238. The summed E-state index contributed by atoms with van der Waals surface area (Å²) in [6.07, 6.45) is 3.79. The van der Waals surface area contributed by atoms with Crippen molar-refractivity contribution in [2.24, 2.45) is 7.05 Å². The monoisotopic (exact) mass is 457 g/mol. The molecule has 10 heteroatoms. The van der Waals surface area contributed by atoms with Crippen LogP contribution in [-0.2, 0) is 7.05 Å². The quantitative estimate of drug-likeness (QED) is 0.450. The molecule has 0 saturated carbocycles. The van der Waals surface area contributed by atoms with Gasteiger partial charge in [-0.1, -0.05) is 11.3 Å². The molecule has 3 aromatic heterocycles. The number of aryl methyl sites for hydroxylation is 1. The van der Waals surface area contributed by atoms with Crippen LogP contribution in [0.2, 0.25) is 0 Å². The second-order valence-electron chi connectivity index (χ2n) is 7.41.